The first-order valence-corrected chi connectivity index (χ1v) is 13.8. The standard InChI is InChI=1S/C29H31ClN4O4/c30-23-11-17(13-31)5-7-21(23)19-14-33(15-19)24-3-1-2-4-26(24)38-20-6-8-22-18(12-20)16-34(29(22)37)25-9-10-27(35)32-28(25)36/h5-8,11-12,19,24-26,28,36H,1-4,9-10,14-16H2,(H,32,35)/t24-,25-,26-,28?/m0/s1. The highest BCUT2D eigenvalue weighted by molar-refractivity contribution is 6.31. The average molecular weight is 535 g/mol. The summed E-state index contributed by atoms with van der Waals surface area (Å²) in [4.78, 5) is 28.8. The monoisotopic (exact) mass is 534 g/mol. The first kappa shape index (κ1) is 25.2. The third kappa shape index (κ3) is 4.64. The predicted octanol–water partition coefficient (Wildman–Crippen LogP) is 3.55. The minimum atomic E-state index is -1.05. The largest absolute Gasteiger partial charge is 0.489 e. The highest BCUT2D eigenvalue weighted by atomic mass is 35.5. The van der Waals surface area contributed by atoms with Crippen molar-refractivity contribution in [1.82, 2.24) is 15.1 Å². The molecule has 2 saturated heterocycles. The van der Waals surface area contributed by atoms with Crippen LogP contribution in [0.25, 0.3) is 0 Å². The zero-order valence-electron chi connectivity index (χ0n) is 21.1. The van der Waals surface area contributed by atoms with E-state index >= 15 is 0 Å². The van der Waals surface area contributed by atoms with Crippen molar-refractivity contribution in [2.75, 3.05) is 13.1 Å². The van der Waals surface area contributed by atoms with Crippen molar-refractivity contribution in [2.24, 2.45) is 0 Å². The summed E-state index contributed by atoms with van der Waals surface area (Å²) < 4.78 is 6.56. The van der Waals surface area contributed by atoms with Gasteiger partial charge in [0.1, 0.15) is 18.1 Å². The van der Waals surface area contributed by atoms with Crippen LogP contribution in [0.5, 0.6) is 5.75 Å². The zero-order chi connectivity index (χ0) is 26.4. The van der Waals surface area contributed by atoms with Crippen molar-refractivity contribution in [3.63, 3.8) is 0 Å². The number of halogens is 1. The Morgan fingerprint density at radius 1 is 1.05 bits per heavy atom. The molecule has 3 fully saturated rings. The number of nitrogens with zero attached hydrogens (tertiary/aromatic N) is 3. The molecule has 4 atom stereocenters. The second kappa shape index (κ2) is 10.2. The SMILES string of the molecule is N#Cc1ccc(C2CN([C@H]3CCCC[C@@H]3Oc3ccc4c(c3)CN([C@H]3CCC(=O)NC3O)C4=O)C2)c(Cl)c1. The van der Waals surface area contributed by atoms with Gasteiger partial charge >= 0.3 is 0 Å². The number of likely N-dealkylation sites (tertiary alicyclic amines) is 1. The molecule has 1 saturated carbocycles. The van der Waals surface area contributed by atoms with E-state index < -0.39 is 12.3 Å². The molecular formula is C29H31ClN4O4. The van der Waals surface area contributed by atoms with E-state index in [4.69, 9.17) is 21.6 Å². The normalized spacial score (nSPS) is 27.9. The van der Waals surface area contributed by atoms with Crippen molar-refractivity contribution in [3.8, 4) is 11.8 Å². The zero-order valence-corrected chi connectivity index (χ0v) is 21.9. The van der Waals surface area contributed by atoms with Crippen LogP contribution in [0.3, 0.4) is 0 Å². The third-order valence-corrected chi connectivity index (χ3v) is 8.88. The van der Waals surface area contributed by atoms with Crippen LogP contribution in [0.2, 0.25) is 5.02 Å². The van der Waals surface area contributed by atoms with Crippen molar-refractivity contribution in [1.29, 1.82) is 5.26 Å². The van der Waals surface area contributed by atoms with Crippen molar-refractivity contribution in [3.05, 3.63) is 63.7 Å². The van der Waals surface area contributed by atoms with Crippen LogP contribution in [-0.4, -0.2) is 64.2 Å². The maximum absolute atomic E-state index is 13.0. The van der Waals surface area contributed by atoms with E-state index in [1.807, 2.05) is 30.3 Å². The van der Waals surface area contributed by atoms with Crippen LogP contribution in [-0.2, 0) is 11.3 Å². The Hall–Kier alpha value is -3.12. The molecule has 1 unspecified atom stereocenters. The molecule has 198 valence electrons. The van der Waals surface area contributed by atoms with Gasteiger partial charge in [-0.3, -0.25) is 14.5 Å². The number of hydrogen-bond acceptors (Lipinski definition) is 6. The second-order valence-electron chi connectivity index (χ2n) is 10.9. The van der Waals surface area contributed by atoms with Crippen LogP contribution in [0, 0.1) is 11.3 Å². The molecule has 8 nitrogen and oxygen atoms in total. The Bertz CT molecular complexity index is 1300. The number of ether oxygens (including phenoxy) is 1. The summed E-state index contributed by atoms with van der Waals surface area (Å²) in [6.07, 6.45) is 4.15. The van der Waals surface area contributed by atoms with Crippen molar-refractivity contribution >= 4 is 23.4 Å². The van der Waals surface area contributed by atoms with Crippen LogP contribution >= 0.6 is 11.6 Å². The Morgan fingerprint density at radius 2 is 1.87 bits per heavy atom. The molecule has 38 heavy (non-hydrogen) atoms. The third-order valence-electron chi connectivity index (χ3n) is 8.55. The smallest absolute Gasteiger partial charge is 0.254 e. The Balaban J connectivity index is 1.11. The van der Waals surface area contributed by atoms with Crippen LogP contribution in [0.1, 0.15) is 71.5 Å². The van der Waals surface area contributed by atoms with E-state index in [2.05, 4.69) is 16.3 Å². The van der Waals surface area contributed by atoms with Crippen LogP contribution < -0.4 is 10.1 Å². The fraction of sp³-hybridized carbons (Fsp3) is 0.483. The maximum Gasteiger partial charge on any atom is 0.254 e. The van der Waals surface area contributed by atoms with Gasteiger partial charge in [0.05, 0.1) is 17.7 Å². The molecule has 2 amide bonds. The molecule has 3 aliphatic heterocycles. The summed E-state index contributed by atoms with van der Waals surface area (Å²) in [5.74, 6) is 0.814. The fourth-order valence-electron chi connectivity index (χ4n) is 6.47. The number of carbonyl (C=O) groups is 2. The number of benzene rings is 2. The molecular weight excluding hydrogens is 504 g/mol. The topological polar surface area (TPSA) is 106 Å². The number of amides is 2. The van der Waals surface area contributed by atoms with E-state index in [1.165, 1.54) is 6.42 Å². The van der Waals surface area contributed by atoms with Gasteiger partial charge in [-0.15, -0.1) is 0 Å². The van der Waals surface area contributed by atoms with E-state index in [-0.39, 0.29) is 17.9 Å². The summed E-state index contributed by atoms with van der Waals surface area (Å²) in [6.45, 7) is 2.24. The van der Waals surface area contributed by atoms with E-state index in [0.29, 0.717) is 47.5 Å². The molecule has 0 radical (unpaired) electrons. The maximum atomic E-state index is 13.0. The van der Waals surface area contributed by atoms with Crippen molar-refractivity contribution in [2.45, 2.75) is 75.4 Å². The predicted molar refractivity (Wildman–Crippen MR) is 141 cm³/mol. The van der Waals surface area contributed by atoms with Gasteiger partial charge < -0.3 is 20.1 Å². The number of piperidine rings is 1. The molecule has 4 aliphatic rings. The summed E-state index contributed by atoms with van der Waals surface area (Å²) in [5, 5.41) is 22.6. The first-order valence-electron chi connectivity index (χ1n) is 13.4. The minimum Gasteiger partial charge on any atom is -0.489 e. The van der Waals surface area contributed by atoms with Gasteiger partial charge in [-0.05, 0) is 67.1 Å². The lowest BCUT2D eigenvalue weighted by atomic mass is 9.84. The lowest BCUT2D eigenvalue weighted by molar-refractivity contribution is -0.129. The first-order chi connectivity index (χ1) is 18.4. The number of fused-ring (bicyclic) bond motifs is 1. The Morgan fingerprint density at radius 3 is 2.63 bits per heavy atom. The lowest BCUT2D eigenvalue weighted by Crippen LogP contribution is -2.57. The molecule has 0 bridgehead atoms. The van der Waals surface area contributed by atoms with Crippen LogP contribution in [0.4, 0.5) is 0 Å². The van der Waals surface area contributed by atoms with Gasteiger partial charge in [0, 0.05) is 48.6 Å². The van der Waals surface area contributed by atoms with Gasteiger partial charge in [-0.1, -0.05) is 24.1 Å². The summed E-state index contributed by atoms with van der Waals surface area (Å²) >= 11 is 6.46. The molecule has 9 heteroatoms. The molecule has 0 aromatic heterocycles. The molecule has 2 aromatic carbocycles. The van der Waals surface area contributed by atoms with Gasteiger partial charge in [-0.25, -0.2) is 0 Å². The number of rotatable bonds is 5. The summed E-state index contributed by atoms with van der Waals surface area (Å²) in [7, 11) is 0. The minimum absolute atomic E-state index is 0.0720. The summed E-state index contributed by atoms with van der Waals surface area (Å²) in [6, 6.07) is 13.3. The molecule has 6 rings (SSSR count). The number of hydrogen-bond donors (Lipinski definition) is 2. The molecule has 2 aromatic rings. The molecule has 2 N–H and O–H groups in total. The Kier molecular flexibility index (Phi) is 6.77. The highest BCUT2D eigenvalue weighted by Crippen LogP contribution is 2.38. The van der Waals surface area contributed by atoms with Crippen molar-refractivity contribution < 1.29 is 19.4 Å². The van der Waals surface area contributed by atoms with E-state index in [9.17, 15) is 14.7 Å². The molecule has 0 spiro atoms. The fourth-order valence-corrected chi connectivity index (χ4v) is 6.81. The van der Waals surface area contributed by atoms with Gasteiger partial charge in [-0.2, -0.15) is 5.26 Å². The quantitative estimate of drug-likeness (QED) is 0.607. The number of carbonyl (C=O) groups excluding carboxylic acids is 2. The number of aliphatic hydroxyl groups is 1. The summed E-state index contributed by atoms with van der Waals surface area (Å²) in [5.41, 5.74) is 3.21. The number of nitriles is 1. The van der Waals surface area contributed by atoms with E-state index in [0.717, 1.165) is 49.2 Å². The van der Waals surface area contributed by atoms with Gasteiger partial charge in [0.15, 0.2) is 0 Å². The number of aliphatic hydroxyl groups excluding tert-OH is 1. The van der Waals surface area contributed by atoms with Crippen LogP contribution in [0.15, 0.2) is 36.4 Å². The second-order valence-corrected chi connectivity index (χ2v) is 11.3. The Labute approximate surface area is 227 Å². The lowest BCUT2D eigenvalue weighted by Gasteiger charge is -2.48. The average Bonchev–Trinajstić information content (AvgIpc) is 3.20. The molecule has 3 heterocycles. The van der Waals surface area contributed by atoms with Gasteiger partial charge in [0.2, 0.25) is 5.91 Å². The molecule has 1 aliphatic carbocycles. The highest BCUT2D eigenvalue weighted by Gasteiger charge is 2.41. The van der Waals surface area contributed by atoms with E-state index in [1.54, 1.807) is 11.0 Å². The van der Waals surface area contributed by atoms with Gasteiger partial charge in [0.25, 0.3) is 5.91 Å². The number of nitrogens with one attached hydrogen (secondary N) is 1.